The van der Waals surface area contributed by atoms with Crippen LogP contribution < -0.4 is 4.74 Å². The highest BCUT2D eigenvalue weighted by Gasteiger charge is 2.66. The van der Waals surface area contributed by atoms with Gasteiger partial charge in [0.2, 0.25) is 0 Å². The quantitative estimate of drug-likeness (QED) is 0.659. The molecule has 1 atom stereocenters. The van der Waals surface area contributed by atoms with Crippen molar-refractivity contribution in [1.82, 2.24) is 4.57 Å². The first-order valence-electron chi connectivity index (χ1n) is 7.36. The van der Waals surface area contributed by atoms with Crippen molar-refractivity contribution in [1.29, 1.82) is 0 Å². The van der Waals surface area contributed by atoms with E-state index < -0.39 is 35.0 Å². The molecule has 2 aromatic rings. The minimum Gasteiger partial charge on any atom is -0.462 e. The minimum atomic E-state index is -5.24. The summed E-state index contributed by atoms with van der Waals surface area (Å²) >= 11 is 0. The molecule has 0 unspecified atom stereocenters. The lowest BCUT2D eigenvalue weighted by Crippen LogP contribution is -2.47. The molecule has 3 rings (SSSR count). The van der Waals surface area contributed by atoms with Crippen molar-refractivity contribution in [3.63, 3.8) is 0 Å². The van der Waals surface area contributed by atoms with Crippen LogP contribution in [0.15, 0.2) is 12.1 Å². The Hall–Kier alpha value is -2.55. The van der Waals surface area contributed by atoms with Crippen molar-refractivity contribution in [2.24, 2.45) is 7.05 Å². The van der Waals surface area contributed by atoms with Gasteiger partial charge in [-0.15, -0.1) is 0 Å². The van der Waals surface area contributed by atoms with Crippen LogP contribution in [0.2, 0.25) is 0 Å². The number of aromatic nitrogens is 1. The number of aliphatic hydroxyl groups is 1. The normalized spacial score (nSPS) is 19.9. The third kappa shape index (κ3) is 2.15. The zero-order valence-electron chi connectivity index (χ0n) is 13.5. The Morgan fingerprint density at radius 3 is 2.60 bits per heavy atom. The van der Waals surface area contributed by atoms with Crippen molar-refractivity contribution in [2.75, 3.05) is 6.61 Å². The van der Waals surface area contributed by atoms with Crippen LogP contribution in [-0.2, 0) is 22.2 Å². The fourth-order valence-corrected chi connectivity index (χ4v) is 2.97. The second kappa shape index (κ2) is 5.22. The fourth-order valence-electron chi connectivity index (χ4n) is 2.97. The SMILES string of the molecule is CCOC(=O)c1c(C)n(C)c2cc3c(cc12)OC(=O)[C@@]3(O)C(F)(F)F. The number of esters is 2. The Kier molecular flexibility index (Phi) is 3.61. The van der Waals surface area contributed by atoms with E-state index in [0.717, 1.165) is 12.1 Å². The zero-order chi connectivity index (χ0) is 18.7. The molecule has 1 N–H and O–H groups in total. The first-order chi connectivity index (χ1) is 11.5. The van der Waals surface area contributed by atoms with Crippen LogP contribution in [0.25, 0.3) is 10.9 Å². The Labute approximate surface area is 139 Å². The molecule has 0 aliphatic carbocycles. The van der Waals surface area contributed by atoms with Gasteiger partial charge in [-0.05, 0) is 26.0 Å². The van der Waals surface area contributed by atoms with E-state index >= 15 is 0 Å². The summed E-state index contributed by atoms with van der Waals surface area (Å²) in [7, 11) is 1.55. The minimum absolute atomic E-state index is 0.127. The molecule has 0 spiro atoms. The van der Waals surface area contributed by atoms with E-state index in [1.54, 1.807) is 20.9 Å². The summed E-state index contributed by atoms with van der Waals surface area (Å²) in [5.41, 5.74) is -3.56. The number of aryl methyl sites for hydroxylation is 1. The van der Waals surface area contributed by atoms with Crippen molar-refractivity contribution < 1.29 is 37.3 Å². The Balaban J connectivity index is 2.32. The van der Waals surface area contributed by atoms with E-state index in [1.807, 2.05) is 0 Å². The maximum atomic E-state index is 13.3. The predicted octanol–water partition coefficient (Wildman–Crippen LogP) is 2.33. The van der Waals surface area contributed by atoms with Gasteiger partial charge in [0, 0.05) is 29.2 Å². The molecule has 1 aromatic heterocycles. The number of carbonyl (C=O) groups excluding carboxylic acids is 2. The van der Waals surface area contributed by atoms with Crippen molar-refractivity contribution >= 4 is 22.8 Å². The van der Waals surface area contributed by atoms with Gasteiger partial charge in [0.05, 0.1) is 12.2 Å². The molecule has 0 amide bonds. The van der Waals surface area contributed by atoms with Crippen LogP contribution in [0.4, 0.5) is 13.2 Å². The predicted molar refractivity (Wildman–Crippen MR) is 79.2 cm³/mol. The van der Waals surface area contributed by atoms with E-state index in [0.29, 0.717) is 5.69 Å². The average molecular weight is 357 g/mol. The van der Waals surface area contributed by atoms with Gasteiger partial charge in [0.25, 0.3) is 5.60 Å². The number of rotatable bonds is 2. The van der Waals surface area contributed by atoms with Gasteiger partial charge in [-0.2, -0.15) is 13.2 Å². The number of fused-ring (bicyclic) bond motifs is 2. The van der Waals surface area contributed by atoms with Gasteiger partial charge in [-0.1, -0.05) is 0 Å². The summed E-state index contributed by atoms with van der Waals surface area (Å²) in [5.74, 6) is -2.89. The highest BCUT2D eigenvalue weighted by atomic mass is 19.4. The van der Waals surface area contributed by atoms with Crippen LogP contribution in [0, 0.1) is 6.92 Å². The molecule has 0 saturated carbocycles. The van der Waals surface area contributed by atoms with Gasteiger partial charge in [-0.25, -0.2) is 9.59 Å². The highest BCUT2D eigenvalue weighted by molar-refractivity contribution is 6.07. The number of nitrogens with zero attached hydrogens (tertiary/aromatic N) is 1. The summed E-state index contributed by atoms with van der Waals surface area (Å²) in [6.45, 7) is 3.36. The molecule has 1 aromatic carbocycles. The lowest BCUT2D eigenvalue weighted by molar-refractivity contribution is -0.258. The first kappa shape index (κ1) is 17.3. The molecule has 25 heavy (non-hydrogen) atoms. The number of ether oxygens (including phenoxy) is 2. The molecular formula is C16H14F3NO5. The fraction of sp³-hybridized carbons (Fsp3) is 0.375. The summed E-state index contributed by atoms with van der Waals surface area (Å²) in [6, 6.07) is 2.16. The smallest absolute Gasteiger partial charge is 0.432 e. The number of carbonyl (C=O) groups is 2. The van der Waals surface area contributed by atoms with Crippen LogP contribution in [0.3, 0.4) is 0 Å². The summed E-state index contributed by atoms with van der Waals surface area (Å²) in [4.78, 5) is 23.9. The molecule has 134 valence electrons. The highest BCUT2D eigenvalue weighted by Crippen LogP contribution is 2.49. The molecule has 0 radical (unpaired) electrons. The van der Waals surface area contributed by atoms with Crippen LogP contribution in [0.5, 0.6) is 5.75 Å². The number of benzene rings is 1. The molecule has 2 heterocycles. The second-order valence-corrected chi connectivity index (χ2v) is 5.70. The first-order valence-corrected chi connectivity index (χ1v) is 7.36. The largest absolute Gasteiger partial charge is 0.462 e. The van der Waals surface area contributed by atoms with E-state index in [-0.39, 0.29) is 23.1 Å². The number of halogens is 3. The van der Waals surface area contributed by atoms with E-state index in [2.05, 4.69) is 4.74 Å². The van der Waals surface area contributed by atoms with E-state index in [9.17, 15) is 27.9 Å². The van der Waals surface area contributed by atoms with Crippen molar-refractivity contribution in [3.05, 3.63) is 29.0 Å². The lowest BCUT2D eigenvalue weighted by atomic mass is 9.93. The van der Waals surface area contributed by atoms with Gasteiger partial charge >= 0.3 is 18.1 Å². The third-order valence-electron chi connectivity index (χ3n) is 4.37. The molecule has 0 fully saturated rings. The molecule has 9 heteroatoms. The van der Waals surface area contributed by atoms with Crippen LogP contribution in [0.1, 0.15) is 28.5 Å². The molecule has 1 aliphatic rings. The summed E-state index contributed by atoms with van der Waals surface area (Å²) < 4.78 is 50.9. The molecular weight excluding hydrogens is 343 g/mol. The number of hydrogen-bond acceptors (Lipinski definition) is 5. The van der Waals surface area contributed by atoms with E-state index in [1.165, 1.54) is 4.57 Å². The van der Waals surface area contributed by atoms with Crippen LogP contribution in [-0.4, -0.2) is 34.4 Å². The maximum absolute atomic E-state index is 13.3. The van der Waals surface area contributed by atoms with E-state index in [4.69, 9.17) is 4.74 Å². The Bertz CT molecular complexity index is 915. The third-order valence-corrected chi connectivity index (χ3v) is 4.37. The topological polar surface area (TPSA) is 77.8 Å². The van der Waals surface area contributed by atoms with Crippen molar-refractivity contribution in [3.8, 4) is 5.75 Å². The van der Waals surface area contributed by atoms with Gasteiger partial charge in [0.1, 0.15) is 5.75 Å². The monoisotopic (exact) mass is 357 g/mol. The Morgan fingerprint density at radius 1 is 1.40 bits per heavy atom. The average Bonchev–Trinajstić information content (AvgIpc) is 2.91. The Morgan fingerprint density at radius 2 is 2.04 bits per heavy atom. The van der Waals surface area contributed by atoms with Crippen molar-refractivity contribution in [2.45, 2.75) is 25.6 Å². The van der Waals surface area contributed by atoms with Gasteiger partial charge in [-0.3, -0.25) is 0 Å². The second-order valence-electron chi connectivity index (χ2n) is 5.70. The van der Waals surface area contributed by atoms with Gasteiger partial charge in [0.15, 0.2) is 0 Å². The molecule has 1 aliphatic heterocycles. The molecule has 0 bridgehead atoms. The standard InChI is InChI=1S/C16H14F3NO5/c1-4-24-13(21)12-7(2)20(3)10-6-9-11(5-8(10)12)25-14(22)15(9,23)16(17,18)19/h5-6,23H,4H2,1-3H3/t15-/m1/s1. The maximum Gasteiger partial charge on any atom is 0.432 e. The van der Waals surface area contributed by atoms with Crippen LogP contribution >= 0.6 is 0 Å². The molecule has 0 saturated heterocycles. The molecule has 6 nitrogen and oxygen atoms in total. The summed E-state index contributed by atoms with van der Waals surface area (Å²) in [6.07, 6.45) is -5.24. The number of hydrogen-bond donors (Lipinski definition) is 1. The lowest BCUT2D eigenvalue weighted by Gasteiger charge is -2.22. The summed E-state index contributed by atoms with van der Waals surface area (Å²) in [5, 5.41) is 10.2. The number of alkyl halides is 3. The zero-order valence-corrected chi connectivity index (χ0v) is 13.5. The van der Waals surface area contributed by atoms with Gasteiger partial charge < -0.3 is 19.1 Å².